The van der Waals surface area contributed by atoms with Crippen molar-refractivity contribution in [3.05, 3.63) is 59.7 Å². The van der Waals surface area contributed by atoms with Gasteiger partial charge in [-0.05, 0) is 43.7 Å². The lowest BCUT2D eigenvalue weighted by atomic mass is 10.0. The largest absolute Gasteiger partial charge is 0.497 e. The molecule has 0 heterocycles. The number of rotatable bonds is 5. The van der Waals surface area contributed by atoms with Gasteiger partial charge in [0, 0.05) is 16.2 Å². The summed E-state index contributed by atoms with van der Waals surface area (Å²) in [4.78, 5) is 1.20. The zero-order chi connectivity index (χ0) is 14.5. The summed E-state index contributed by atoms with van der Waals surface area (Å²) in [6, 6.07) is 16.8. The minimum atomic E-state index is 0.0869. The first kappa shape index (κ1) is 14.9. The Labute approximate surface area is 125 Å². The number of methoxy groups -OCH3 is 1. The van der Waals surface area contributed by atoms with Crippen LogP contribution in [-0.4, -0.2) is 13.2 Å². The normalized spacial score (nSPS) is 13.8. The summed E-state index contributed by atoms with van der Waals surface area (Å²) in [6.07, 6.45) is 0. The second-order valence-corrected chi connectivity index (χ2v) is 6.20. The van der Waals surface area contributed by atoms with Gasteiger partial charge in [0.05, 0.1) is 7.11 Å². The van der Waals surface area contributed by atoms with Gasteiger partial charge in [-0.3, -0.25) is 0 Å². The minimum absolute atomic E-state index is 0.0869. The summed E-state index contributed by atoms with van der Waals surface area (Å²) in [7, 11) is 1.68. The van der Waals surface area contributed by atoms with Gasteiger partial charge < -0.3 is 10.5 Å². The van der Waals surface area contributed by atoms with Crippen molar-refractivity contribution in [2.24, 2.45) is 5.73 Å². The highest BCUT2D eigenvalue weighted by atomic mass is 32.2. The van der Waals surface area contributed by atoms with Crippen LogP contribution >= 0.6 is 11.8 Å². The topological polar surface area (TPSA) is 35.2 Å². The summed E-state index contributed by atoms with van der Waals surface area (Å²) in [6.45, 7) is 4.17. The van der Waals surface area contributed by atoms with Crippen molar-refractivity contribution < 1.29 is 4.74 Å². The fourth-order valence-corrected chi connectivity index (χ4v) is 3.21. The van der Waals surface area contributed by atoms with Gasteiger partial charge in [0.25, 0.3) is 0 Å². The summed E-state index contributed by atoms with van der Waals surface area (Å²) in [5, 5.41) is 0.253. The lowest BCUT2D eigenvalue weighted by Crippen LogP contribution is -2.22. The van der Waals surface area contributed by atoms with Crippen molar-refractivity contribution in [2.75, 3.05) is 7.11 Å². The van der Waals surface area contributed by atoms with E-state index in [1.165, 1.54) is 16.0 Å². The SMILES string of the molecule is COc1ccc(SC(c2cccc(C)c2)C(C)N)cc1. The predicted molar refractivity (Wildman–Crippen MR) is 86.4 cm³/mol. The Bertz CT molecular complexity index is 551. The van der Waals surface area contributed by atoms with Crippen molar-refractivity contribution in [3.8, 4) is 5.75 Å². The quantitative estimate of drug-likeness (QED) is 0.838. The monoisotopic (exact) mass is 287 g/mol. The van der Waals surface area contributed by atoms with Gasteiger partial charge in [-0.1, -0.05) is 29.8 Å². The van der Waals surface area contributed by atoms with E-state index in [2.05, 4.69) is 50.2 Å². The molecular formula is C17H21NOS. The molecule has 2 aromatic rings. The van der Waals surface area contributed by atoms with Crippen LogP contribution in [0.2, 0.25) is 0 Å². The van der Waals surface area contributed by atoms with Crippen LogP contribution in [0.1, 0.15) is 23.3 Å². The average Bonchev–Trinajstić information content (AvgIpc) is 2.45. The third kappa shape index (κ3) is 3.78. The van der Waals surface area contributed by atoms with E-state index in [1.54, 1.807) is 18.9 Å². The molecule has 0 aliphatic carbocycles. The number of ether oxygens (including phenoxy) is 1. The van der Waals surface area contributed by atoms with E-state index in [9.17, 15) is 0 Å². The van der Waals surface area contributed by atoms with Crippen LogP contribution in [0, 0.1) is 6.92 Å². The Morgan fingerprint density at radius 1 is 1.10 bits per heavy atom. The Morgan fingerprint density at radius 2 is 1.80 bits per heavy atom. The molecule has 20 heavy (non-hydrogen) atoms. The highest BCUT2D eigenvalue weighted by molar-refractivity contribution is 7.99. The maximum Gasteiger partial charge on any atom is 0.118 e. The predicted octanol–water partition coefficient (Wildman–Crippen LogP) is 4.18. The summed E-state index contributed by atoms with van der Waals surface area (Å²) >= 11 is 1.80. The smallest absolute Gasteiger partial charge is 0.118 e. The number of thioether (sulfide) groups is 1. The molecule has 106 valence electrons. The Balaban J connectivity index is 2.21. The third-order valence-electron chi connectivity index (χ3n) is 3.17. The van der Waals surface area contributed by atoms with Crippen molar-refractivity contribution >= 4 is 11.8 Å². The molecule has 0 bridgehead atoms. The molecule has 2 unspecified atom stereocenters. The van der Waals surface area contributed by atoms with E-state index < -0.39 is 0 Å². The van der Waals surface area contributed by atoms with Gasteiger partial charge in [0.15, 0.2) is 0 Å². The average molecular weight is 287 g/mol. The summed E-state index contributed by atoms with van der Waals surface area (Å²) in [5.41, 5.74) is 8.72. The highest BCUT2D eigenvalue weighted by Crippen LogP contribution is 2.37. The lowest BCUT2D eigenvalue weighted by Gasteiger charge is -2.21. The fraction of sp³-hybridized carbons (Fsp3) is 0.294. The van der Waals surface area contributed by atoms with Gasteiger partial charge >= 0.3 is 0 Å². The third-order valence-corrected chi connectivity index (χ3v) is 4.67. The molecule has 0 saturated heterocycles. The first-order chi connectivity index (χ1) is 9.60. The van der Waals surface area contributed by atoms with Crippen molar-refractivity contribution in [1.29, 1.82) is 0 Å². The van der Waals surface area contributed by atoms with E-state index in [0.29, 0.717) is 0 Å². The molecule has 0 aliphatic heterocycles. The molecule has 2 rings (SSSR count). The molecule has 3 heteroatoms. The second kappa shape index (κ2) is 6.82. The fourth-order valence-electron chi connectivity index (χ4n) is 2.13. The molecule has 2 atom stereocenters. The van der Waals surface area contributed by atoms with E-state index in [4.69, 9.17) is 10.5 Å². The van der Waals surface area contributed by atoms with Gasteiger partial charge in [-0.15, -0.1) is 11.8 Å². The molecule has 0 aromatic heterocycles. The van der Waals surface area contributed by atoms with Crippen LogP contribution in [0.25, 0.3) is 0 Å². The van der Waals surface area contributed by atoms with E-state index in [-0.39, 0.29) is 11.3 Å². The number of hydrogen-bond donors (Lipinski definition) is 1. The minimum Gasteiger partial charge on any atom is -0.497 e. The number of aryl methyl sites for hydroxylation is 1. The maximum absolute atomic E-state index is 6.18. The number of nitrogens with two attached hydrogens (primary N) is 1. The molecule has 0 amide bonds. The van der Waals surface area contributed by atoms with Crippen LogP contribution in [0.15, 0.2) is 53.4 Å². The first-order valence-electron chi connectivity index (χ1n) is 6.73. The standard InChI is InChI=1S/C17H21NOS/c1-12-5-4-6-14(11-12)17(13(2)18)20-16-9-7-15(19-3)8-10-16/h4-11,13,17H,18H2,1-3H3. The zero-order valence-corrected chi connectivity index (χ0v) is 13.0. The van der Waals surface area contributed by atoms with Gasteiger partial charge in [-0.25, -0.2) is 0 Å². The number of benzene rings is 2. The molecule has 2 aromatic carbocycles. The van der Waals surface area contributed by atoms with E-state index in [1.807, 2.05) is 12.1 Å². The van der Waals surface area contributed by atoms with Crippen molar-refractivity contribution in [1.82, 2.24) is 0 Å². The second-order valence-electron chi connectivity index (χ2n) is 4.99. The lowest BCUT2D eigenvalue weighted by molar-refractivity contribution is 0.414. The van der Waals surface area contributed by atoms with Crippen LogP contribution in [0.3, 0.4) is 0 Å². The molecule has 2 nitrogen and oxygen atoms in total. The molecule has 2 N–H and O–H groups in total. The van der Waals surface area contributed by atoms with Gasteiger partial charge in [-0.2, -0.15) is 0 Å². The number of hydrogen-bond acceptors (Lipinski definition) is 3. The summed E-state index contributed by atoms with van der Waals surface area (Å²) < 4.78 is 5.19. The van der Waals surface area contributed by atoms with Crippen molar-refractivity contribution in [3.63, 3.8) is 0 Å². The first-order valence-corrected chi connectivity index (χ1v) is 7.61. The Hall–Kier alpha value is -1.45. The van der Waals surface area contributed by atoms with E-state index in [0.717, 1.165) is 5.75 Å². The Kier molecular flexibility index (Phi) is 5.10. The van der Waals surface area contributed by atoms with Crippen LogP contribution in [0.5, 0.6) is 5.75 Å². The van der Waals surface area contributed by atoms with Crippen LogP contribution < -0.4 is 10.5 Å². The van der Waals surface area contributed by atoms with Gasteiger partial charge in [0.1, 0.15) is 5.75 Å². The molecular weight excluding hydrogens is 266 g/mol. The molecule has 0 saturated carbocycles. The molecule has 0 radical (unpaired) electrons. The molecule has 0 spiro atoms. The van der Waals surface area contributed by atoms with Crippen LogP contribution in [0.4, 0.5) is 0 Å². The van der Waals surface area contributed by atoms with Crippen molar-refractivity contribution in [2.45, 2.75) is 30.0 Å². The Morgan fingerprint density at radius 3 is 2.35 bits per heavy atom. The molecule has 0 fully saturated rings. The molecule has 0 aliphatic rings. The summed E-state index contributed by atoms with van der Waals surface area (Å²) in [5.74, 6) is 0.877. The zero-order valence-electron chi connectivity index (χ0n) is 12.2. The highest BCUT2D eigenvalue weighted by Gasteiger charge is 2.17. The van der Waals surface area contributed by atoms with E-state index >= 15 is 0 Å². The maximum atomic E-state index is 6.18. The van der Waals surface area contributed by atoms with Gasteiger partial charge in [0.2, 0.25) is 0 Å². The van der Waals surface area contributed by atoms with Crippen LogP contribution in [-0.2, 0) is 0 Å².